The van der Waals surface area contributed by atoms with Gasteiger partial charge in [-0.3, -0.25) is 0 Å². The van der Waals surface area contributed by atoms with E-state index >= 15 is 0 Å². The number of hydrogen-bond donors (Lipinski definition) is 0. The van der Waals surface area contributed by atoms with E-state index in [0.29, 0.717) is 11.1 Å². The molecule has 0 N–H and O–H groups in total. The zero-order valence-electron chi connectivity index (χ0n) is 37.6. The second-order valence-electron chi connectivity index (χ2n) is 18.1. The van der Waals surface area contributed by atoms with Gasteiger partial charge < -0.3 is 9.80 Å². The van der Waals surface area contributed by atoms with Gasteiger partial charge in [-0.2, -0.15) is 10.5 Å². The second kappa shape index (κ2) is 16.2. The van der Waals surface area contributed by atoms with Gasteiger partial charge in [0.05, 0.1) is 22.5 Å². The highest BCUT2D eigenvalue weighted by molar-refractivity contribution is 5.97. The Hall–Kier alpha value is -8.18. The first-order valence-electron chi connectivity index (χ1n) is 22.2. The SMILES string of the molecule is Cc1cc(C)cc(N(c2ccc3c(c2)C(C)(C)c2cc4cc(N(c5cc(C)cc(C)c5)c5ccc(-c6ccccc6)cc5C#N)ccc4cc2-3)c2ccc(-c3ccccc3)cc2C#N)c1. The van der Waals surface area contributed by atoms with Gasteiger partial charge in [-0.05, 0) is 190 Å². The van der Waals surface area contributed by atoms with Crippen LogP contribution in [0.4, 0.5) is 34.1 Å². The summed E-state index contributed by atoms with van der Waals surface area (Å²) in [6, 6.07) is 69.3. The fourth-order valence-corrected chi connectivity index (χ4v) is 10.0. The van der Waals surface area contributed by atoms with Crippen LogP contribution in [0.25, 0.3) is 44.2 Å². The molecule has 1 aliphatic carbocycles. The molecule has 0 radical (unpaired) electrons. The van der Waals surface area contributed by atoms with Crippen molar-refractivity contribution >= 4 is 44.9 Å². The Balaban J connectivity index is 1.09. The summed E-state index contributed by atoms with van der Waals surface area (Å²) in [5, 5.41) is 23.6. The first-order valence-corrected chi connectivity index (χ1v) is 22.2. The van der Waals surface area contributed by atoms with Gasteiger partial charge in [0.2, 0.25) is 0 Å². The van der Waals surface area contributed by atoms with Crippen LogP contribution in [-0.2, 0) is 5.41 Å². The lowest BCUT2D eigenvalue weighted by Crippen LogP contribution is -2.17. The van der Waals surface area contributed by atoms with E-state index in [1.165, 1.54) is 22.3 Å². The van der Waals surface area contributed by atoms with Gasteiger partial charge in [-0.25, -0.2) is 0 Å². The lowest BCUT2D eigenvalue weighted by Gasteiger charge is -2.29. The minimum atomic E-state index is -0.330. The normalized spacial score (nSPS) is 12.2. The fourth-order valence-electron chi connectivity index (χ4n) is 10.0. The van der Waals surface area contributed by atoms with E-state index in [2.05, 4.69) is 197 Å². The van der Waals surface area contributed by atoms with Crippen LogP contribution in [0.5, 0.6) is 0 Å². The molecule has 0 saturated carbocycles. The lowest BCUT2D eigenvalue weighted by molar-refractivity contribution is 0.661. The van der Waals surface area contributed by atoms with Crippen LogP contribution in [-0.4, -0.2) is 0 Å². The van der Waals surface area contributed by atoms with Gasteiger partial charge in [-0.1, -0.05) is 111 Å². The summed E-state index contributed by atoms with van der Waals surface area (Å²) in [5.41, 5.74) is 20.3. The molecular formula is C61H48N4. The van der Waals surface area contributed by atoms with Crippen molar-refractivity contribution in [3.8, 4) is 45.5 Å². The predicted molar refractivity (Wildman–Crippen MR) is 270 cm³/mol. The highest BCUT2D eigenvalue weighted by atomic mass is 15.2. The highest BCUT2D eigenvalue weighted by Crippen LogP contribution is 2.53. The van der Waals surface area contributed by atoms with Gasteiger partial charge in [-0.15, -0.1) is 0 Å². The quantitative estimate of drug-likeness (QED) is 0.153. The van der Waals surface area contributed by atoms with E-state index in [-0.39, 0.29) is 5.41 Å². The smallest absolute Gasteiger partial charge is 0.101 e. The Labute approximate surface area is 382 Å². The molecule has 0 fully saturated rings. The number of anilines is 6. The number of rotatable bonds is 8. The van der Waals surface area contributed by atoms with Crippen LogP contribution in [0, 0.1) is 50.4 Å². The fraction of sp³-hybridized carbons (Fsp3) is 0.115. The van der Waals surface area contributed by atoms with Gasteiger partial charge in [0, 0.05) is 28.2 Å². The Kier molecular flexibility index (Phi) is 10.2. The Morgan fingerprint density at radius 1 is 0.369 bits per heavy atom. The molecule has 0 spiro atoms. The summed E-state index contributed by atoms with van der Waals surface area (Å²) in [6.45, 7) is 13.1. The topological polar surface area (TPSA) is 54.1 Å². The van der Waals surface area contributed by atoms with Crippen LogP contribution in [0.1, 0.15) is 58.4 Å². The summed E-state index contributed by atoms with van der Waals surface area (Å²) in [6.07, 6.45) is 0. The lowest BCUT2D eigenvalue weighted by atomic mass is 9.81. The Morgan fingerprint density at radius 3 is 1.32 bits per heavy atom. The number of nitrogens with zero attached hydrogens (tertiary/aromatic N) is 4. The first-order chi connectivity index (χ1) is 31.5. The maximum Gasteiger partial charge on any atom is 0.101 e. The predicted octanol–water partition coefficient (Wildman–Crippen LogP) is 16.4. The standard InChI is InChI=1S/C61H48N4/c1-39-25-40(2)28-53(27-39)64(59-23-18-45(31-49(59)37-62)43-13-9-7-10-14-43)51-20-17-47-34-56-55-22-21-52(36-58(55)61(5,6)57(56)35-48(47)33-51)65(54-29-41(3)26-42(4)30-54)60-24-19-46(32-50(60)38-63)44-15-11-8-12-16-44/h7-36H,1-6H3. The van der Waals surface area contributed by atoms with Gasteiger partial charge in [0.1, 0.15) is 12.1 Å². The molecule has 9 aromatic rings. The van der Waals surface area contributed by atoms with Gasteiger partial charge in [0.25, 0.3) is 0 Å². The van der Waals surface area contributed by atoms with Crippen molar-refractivity contribution in [1.29, 1.82) is 10.5 Å². The van der Waals surface area contributed by atoms with Crippen LogP contribution in [0.3, 0.4) is 0 Å². The van der Waals surface area contributed by atoms with Crippen molar-refractivity contribution < 1.29 is 0 Å². The summed E-state index contributed by atoms with van der Waals surface area (Å²) in [5.74, 6) is 0. The molecule has 9 aromatic carbocycles. The highest BCUT2D eigenvalue weighted by Gasteiger charge is 2.37. The molecule has 0 bridgehead atoms. The average molecular weight is 837 g/mol. The second-order valence-corrected chi connectivity index (χ2v) is 18.1. The number of benzene rings is 9. The number of hydrogen-bond acceptors (Lipinski definition) is 4. The largest absolute Gasteiger partial charge is 0.309 e. The van der Waals surface area contributed by atoms with Crippen molar-refractivity contribution in [2.45, 2.75) is 47.0 Å². The third-order valence-corrected chi connectivity index (χ3v) is 13.0. The third-order valence-electron chi connectivity index (χ3n) is 13.0. The maximum atomic E-state index is 10.7. The van der Waals surface area contributed by atoms with Crippen LogP contribution < -0.4 is 9.80 Å². The Morgan fingerprint density at radius 2 is 0.831 bits per heavy atom. The van der Waals surface area contributed by atoms with Crippen LogP contribution in [0.15, 0.2) is 182 Å². The third kappa shape index (κ3) is 7.40. The molecular weight excluding hydrogens is 789 g/mol. The zero-order chi connectivity index (χ0) is 45.0. The Bertz CT molecular complexity index is 3380. The van der Waals surface area contributed by atoms with Crippen molar-refractivity contribution in [1.82, 2.24) is 0 Å². The van der Waals surface area contributed by atoms with E-state index in [0.717, 1.165) is 89.4 Å². The van der Waals surface area contributed by atoms with Crippen LogP contribution >= 0.6 is 0 Å². The van der Waals surface area contributed by atoms with Crippen molar-refractivity contribution in [3.63, 3.8) is 0 Å². The van der Waals surface area contributed by atoms with E-state index in [4.69, 9.17) is 0 Å². The average Bonchev–Trinajstić information content (AvgIpc) is 3.52. The molecule has 65 heavy (non-hydrogen) atoms. The molecule has 4 heteroatoms. The summed E-state index contributed by atoms with van der Waals surface area (Å²) in [4.78, 5) is 4.48. The van der Waals surface area contributed by atoms with Crippen molar-refractivity contribution in [2.24, 2.45) is 0 Å². The van der Waals surface area contributed by atoms with E-state index in [1.54, 1.807) is 0 Å². The number of fused-ring (bicyclic) bond motifs is 4. The van der Waals surface area contributed by atoms with E-state index < -0.39 is 0 Å². The summed E-state index contributed by atoms with van der Waals surface area (Å²) < 4.78 is 0. The molecule has 4 nitrogen and oxygen atoms in total. The van der Waals surface area contributed by atoms with E-state index in [1.807, 2.05) is 48.5 Å². The molecule has 10 rings (SSSR count). The van der Waals surface area contributed by atoms with Crippen LogP contribution in [0.2, 0.25) is 0 Å². The minimum absolute atomic E-state index is 0.330. The van der Waals surface area contributed by atoms with Crippen molar-refractivity contribution in [2.75, 3.05) is 9.80 Å². The van der Waals surface area contributed by atoms with Gasteiger partial charge in [0.15, 0.2) is 0 Å². The maximum absolute atomic E-state index is 10.7. The molecule has 312 valence electrons. The molecule has 0 heterocycles. The minimum Gasteiger partial charge on any atom is -0.309 e. The molecule has 0 amide bonds. The number of nitriles is 2. The summed E-state index contributed by atoms with van der Waals surface area (Å²) in [7, 11) is 0. The van der Waals surface area contributed by atoms with Crippen molar-refractivity contribution in [3.05, 3.63) is 226 Å². The molecule has 1 aliphatic rings. The monoisotopic (exact) mass is 836 g/mol. The number of aryl methyl sites for hydroxylation is 4. The van der Waals surface area contributed by atoms with E-state index in [9.17, 15) is 10.5 Å². The molecule has 0 aliphatic heterocycles. The summed E-state index contributed by atoms with van der Waals surface area (Å²) >= 11 is 0. The first kappa shape index (κ1) is 40.9. The molecule has 0 unspecified atom stereocenters. The molecule has 0 atom stereocenters. The zero-order valence-corrected chi connectivity index (χ0v) is 37.6. The van der Waals surface area contributed by atoms with Gasteiger partial charge >= 0.3 is 0 Å². The molecule has 0 saturated heterocycles. The molecule has 0 aromatic heterocycles.